The summed E-state index contributed by atoms with van der Waals surface area (Å²) in [5.74, 6) is 0.294. The molecule has 0 bridgehead atoms. The predicted octanol–water partition coefficient (Wildman–Crippen LogP) is 3.67. The number of benzene rings is 2. The number of hydrogen-bond donors (Lipinski definition) is 1. The Morgan fingerprint density at radius 1 is 1.04 bits per heavy atom. The molecule has 0 atom stereocenters. The molecular formula is C16H12Cl2N2O5. The van der Waals surface area contributed by atoms with Crippen LogP contribution in [0.4, 0.5) is 5.69 Å². The molecule has 2 aromatic rings. The van der Waals surface area contributed by atoms with Crippen LogP contribution in [-0.2, 0) is 6.42 Å². The Bertz CT molecular complexity index is 776. The smallest absolute Gasteiger partial charge is 0.252 e. The molecule has 0 heterocycles. The van der Waals surface area contributed by atoms with Crippen molar-refractivity contribution in [2.24, 2.45) is 0 Å². The van der Waals surface area contributed by atoms with E-state index in [1.165, 1.54) is 18.2 Å². The first kappa shape index (κ1) is 18.7. The van der Waals surface area contributed by atoms with Crippen LogP contribution in [0.1, 0.15) is 26.3 Å². The van der Waals surface area contributed by atoms with Crippen molar-refractivity contribution in [2.45, 2.75) is 6.42 Å². The molecular weight excluding hydrogens is 371 g/mol. The van der Waals surface area contributed by atoms with Gasteiger partial charge in [-0.25, -0.2) is 10.1 Å². The number of nitrogens with one attached hydrogen (secondary N) is 1. The molecule has 0 spiro atoms. The van der Waals surface area contributed by atoms with E-state index in [0.717, 1.165) is 5.56 Å². The second-order valence-corrected chi connectivity index (χ2v) is 5.64. The third kappa shape index (κ3) is 5.74. The molecule has 0 saturated carbocycles. The summed E-state index contributed by atoms with van der Waals surface area (Å²) in [5.41, 5.74) is 3.53. The number of nitro groups is 1. The Hall–Kier alpha value is -2.64. The first-order valence-corrected chi connectivity index (χ1v) is 7.78. The number of rotatable bonds is 8. The van der Waals surface area contributed by atoms with Gasteiger partial charge in [0.25, 0.3) is 10.5 Å². The van der Waals surface area contributed by atoms with Crippen LogP contribution < -0.4 is 10.2 Å². The van der Waals surface area contributed by atoms with Crippen molar-refractivity contribution in [1.29, 1.82) is 0 Å². The van der Waals surface area contributed by atoms with Gasteiger partial charge in [-0.05, 0) is 59.1 Å². The molecule has 7 nitrogen and oxygen atoms in total. The van der Waals surface area contributed by atoms with Crippen LogP contribution in [0.25, 0.3) is 0 Å². The minimum absolute atomic E-state index is 0.110. The largest absolute Gasteiger partial charge is 0.493 e. The lowest BCUT2D eigenvalue weighted by molar-refractivity contribution is -0.445. The topological polar surface area (TPSA) is 98.5 Å². The number of halogens is 2. The van der Waals surface area contributed by atoms with E-state index in [0.29, 0.717) is 17.9 Å². The molecule has 0 fully saturated rings. The molecule has 9 heteroatoms. The molecule has 0 radical (unpaired) electrons. The number of anilines is 1. The average molecular weight is 383 g/mol. The Morgan fingerprint density at radius 3 is 2.08 bits per heavy atom. The monoisotopic (exact) mass is 382 g/mol. The van der Waals surface area contributed by atoms with E-state index < -0.39 is 15.5 Å². The number of ether oxygens (including phenoxy) is 1. The highest BCUT2D eigenvalue weighted by Gasteiger charge is 2.11. The van der Waals surface area contributed by atoms with Crippen LogP contribution in [-0.4, -0.2) is 22.1 Å². The first-order valence-electron chi connectivity index (χ1n) is 7.02. The average Bonchev–Trinajstić information content (AvgIpc) is 2.55. The van der Waals surface area contributed by atoms with Crippen LogP contribution in [0, 0.1) is 10.1 Å². The molecule has 0 unspecified atom stereocenters. The highest BCUT2D eigenvalue weighted by Crippen LogP contribution is 2.21. The highest BCUT2D eigenvalue weighted by atomic mass is 35.5. The van der Waals surface area contributed by atoms with Crippen LogP contribution in [0.5, 0.6) is 5.75 Å². The van der Waals surface area contributed by atoms with Crippen LogP contribution in [0.2, 0.25) is 0 Å². The second kappa shape index (κ2) is 8.46. The van der Waals surface area contributed by atoms with Gasteiger partial charge in [0, 0.05) is 17.5 Å². The number of hydrogen-bond acceptors (Lipinski definition) is 5. The molecule has 25 heavy (non-hydrogen) atoms. The third-order valence-electron chi connectivity index (χ3n) is 3.19. The van der Waals surface area contributed by atoms with Crippen molar-refractivity contribution >= 4 is 39.4 Å². The Balaban J connectivity index is 2.00. The maximum Gasteiger partial charge on any atom is 0.252 e. The van der Waals surface area contributed by atoms with E-state index in [9.17, 15) is 19.7 Å². The Kier molecular flexibility index (Phi) is 6.32. The summed E-state index contributed by atoms with van der Waals surface area (Å²) in [4.78, 5) is 32.9. The summed E-state index contributed by atoms with van der Waals surface area (Å²) in [6.45, 7) is 0.262. The number of hydrazine groups is 1. The summed E-state index contributed by atoms with van der Waals surface area (Å²) in [7, 11) is 0. The molecule has 0 amide bonds. The minimum Gasteiger partial charge on any atom is -0.493 e. The summed E-state index contributed by atoms with van der Waals surface area (Å²) in [6.07, 6.45) is 0.516. The van der Waals surface area contributed by atoms with Crippen molar-refractivity contribution < 1.29 is 19.4 Å². The maximum atomic E-state index is 11.3. The van der Waals surface area contributed by atoms with Gasteiger partial charge in [-0.3, -0.25) is 9.59 Å². The Labute approximate surface area is 152 Å². The van der Waals surface area contributed by atoms with Gasteiger partial charge in [0.2, 0.25) is 0 Å². The van der Waals surface area contributed by atoms with Crippen molar-refractivity contribution in [3.8, 4) is 5.75 Å². The fourth-order valence-electron chi connectivity index (χ4n) is 2.05. The van der Waals surface area contributed by atoms with Gasteiger partial charge in [-0.1, -0.05) is 12.1 Å². The lowest BCUT2D eigenvalue weighted by Crippen LogP contribution is -2.08. The zero-order valence-electron chi connectivity index (χ0n) is 12.7. The lowest BCUT2D eigenvalue weighted by atomic mass is 10.1. The molecule has 0 aromatic heterocycles. The van der Waals surface area contributed by atoms with Crippen LogP contribution in [0.15, 0.2) is 42.5 Å². The van der Waals surface area contributed by atoms with E-state index in [-0.39, 0.29) is 17.7 Å². The Morgan fingerprint density at radius 2 is 1.60 bits per heavy atom. The fourth-order valence-corrected chi connectivity index (χ4v) is 2.27. The van der Waals surface area contributed by atoms with Crippen molar-refractivity contribution in [1.82, 2.24) is 0 Å². The second-order valence-electron chi connectivity index (χ2n) is 4.96. The first-order chi connectivity index (χ1) is 11.8. The zero-order chi connectivity index (χ0) is 18.4. The van der Waals surface area contributed by atoms with Gasteiger partial charge in [-0.2, -0.15) is 0 Å². The lowest BCUT2D eigenvalue weighted by Gasteiger charge is -2.09. The molecule has 1 N–H and O–H groups in total. The number of nitrogens with zero attached hydrogens (tertiary/aromatic N) is 1. The van der Waals surface area contributed by atoms with Gasteiger partial charge in [-0.15, -0.1) is 5.43 Å². The zero-order valence-corrected chi connectivity index (χ0v) is 14.2. The van der Waals surface area contributed by atoms with Gasteiger partial charge in [0.05, 0.1) is 6.61 Å². The highest BCUT2D eigenvalue weighted by molar-refractivity contribution is 6.69. The van der Waals surface area contributed by atoms with E-state index in [2.05, 4.69) is 0 Å². The molecule has 0 aliphatic carbocycles. The SMILES string of the molecule is O=C(Cl)c1cc(OCCc2ccc(N[N+](=O)[O-])cc2)cc(C(=O)Cl)c1. The minimum atomic E-state index is -0.724. The van der Waals surface area contributed by atoms with E-state index in [1.807, 2.05) is 5.43 Å². The van der Waals surface area contributed by atoms with Gasteiger partial charge < -0.3 is 4.74 Å². The summed E-state index contributed by atoms with van der Waals surface area (Å²) < 4.78 is 5.54. The van der Waals surface area contributed by atoms with E-state index >= 15 is 0 Å². The summed E-state index contributed by atoms with van der Waals surface area (Å²) in [5, 5.41) is 8.25. The third-order valence-corrected chi connectivity index (χ3v) is 3.63. The van der Waals surface area contributed by atoms with Crippen molar-refractivity contribution in [2.75, 3.05) is 12.0 Å². The van der Waals surface area contributed by atoms with Gasteiger partial charge in [0.15, 0.2) is 5.03 Å². The van der Waals surface area contributed by atoms with Crippen molar-refractivity contribution in [3.63, 3.8) is 0 Å². The number of carbonyl (C=O) groups is 2. The van der Waals surface area contributed by atoms with Crippen molar-refractivity contribution in [3.05, 3.63) is 69.3 Å². The van der Waals surface area contributed by atoms with Gasteiger partial charge in [0.1, 0.15) is 11.4 Å². The van der Waals surface area contributed by atoms with E-state index in [4.69, 9.17) is 27.9 Å². The molecule has 0 aliphatic rings. The molecule has 130 valence electrons. The standard InChI is InChI=1S/C16H12Cl2N2O5/c17-15(21)11-7-12(16(18)22)9-14(8-11)25-6-5-10-1-3-13(4-2-10)19-20(23)24/h1-4,7-9,19H,5-6H2. The fraction of sp³-hybridized carbons (Fsp3) is 0.125. The number of carbonyl (C=O) groups excluding carboxylic acids is 2. The molecule has 2 rings (SSSR count). The normalized spacial score (nSPS) is 10.2. The maximum absolute atomic E-state index is 11.3. The predicted molar refractivity (Wildman–Crippen MR) is 93.1 cm³/mol. The van der Waals surface area contributed by atoms with Crippen LogP contribution >= 0.6 is 23.2 Å². The molecule has 0 aliphatic heterocycles. The quantitative estimate of drug-likeness (QED) is 0.424. The van der Waals surface area contributed by atoms with Gasteiger partial charge >= 0.3 is 0 Å². The van der Waals surface area contributed by atoms with E-state index in [1.54, 1.807) is 24.3 Å². The molecule has 2 aromatic carbocycles. The summed E-state index contributed by atoms with van der Waals surface area (Å²) >= 11 is 10.9. The summed E-state index contributed by atoms with van der Waals surface area (Å²) in [6, 6.07) is 10.7. The van der Waals surface area contributed by atoms with Crippen LogP contribution in [0.3, 0.4) is 0 Å². The molecule has 0 saturated heterocycles.